The molecule has 0 saturated carbocycles. The number of hydrogen-bond acceptors (Lipinski definition) is 2. The molecule has 0 radical (unpaired) electrons. The van der Waals surface area contributed by atoms with E-state index in [1.54, 1.807) is 7.11 Å². The van der Waals surface area contributed by atoms with Crippen molar-refractivity contribution in [1.82, 2.24) is 10.2 Å². The van der Waals surface area contributed by atoms with Gasteiger partial charge in [-0.15, -0.1) is 0 Å². The molecular weight excluding hydrogens is 208 g/mol. The van der Waals surface area contributed by atoms with E-state index in [0.29, 0.717) is 6.04 Å². The first-order valence-electron chi connectivity index (χ1n) is 5.70. The number of nitrogens with one attached hydrogen (secondary N) is 1. The van der Waals surface area contributed by atoms with Gasteiger partial charge in [0.1, 0.15) is 0 Å². The molecule has 4 heteroatoms. The van der Waals surface area contributed by atoms with Gasteiger partial charge in [-0.1, -0.05) is 13.8 Å². The van der Waals surface area contributed by atoms with E-state index in [0.717, 1.165) is 37.7 Å². The Morgan fingerprint density at radius 3 is 2.60 bits per heavy atom. The van der Waals surface area contributed by atoms with Crippen molar-refractivity contribution in [2.75, 3.05) is 26.8 Å². The average Bonchev–Trinajstić information content (AvgIpc) is 2.26. The number of ether oxygens (including phenoxy) is 1. The molecule has 1 atom stereocenters. The minimum atomic E-state index is 0.469. The average molecular weight is 232 g/mol. The minimum absolute atomic E-state index is 0.469. The summed E-state index contributed by atoms with van der Waals surface area (Å²) in [5.41, 5.74) is 0. The van der Waals surface area contributed by atoms with Gasteiger partial charge in [-0.05, 0) is 32.0 Å². The third-order valence-corrected chi connectivity index (χ3v) is 2.83. The van der Waals surface area contributed by atoms with Gasteiger partial charge in [0, 0.05) is 26.2 Å². The van der Waals surface area contributed by atoms with Crippen LogP contribution in [0.3, 0.4) is 0 Å². The molecule has 0 heterocycles. The lowest BCUT2D eigenvalue weighted by Crippen LogP contribution is -2.46. The molecule has 15 heavy (non-hydrogen) atoms. The van der Waals surface area contributed by atoms with Gasteiger partial charge in [-0.3, -0.25) is 0 Å². The highest BCUT2D eigenvalue weighted by Crippen LogP contribution is 2.03. The summed E-state index contributed by atoms with van der Waals surface area (Å²) < 4.78 is 5.09. The molecule has 0 saturated heterocycles. The molecule has 0 aliphatic rings. The van der Waals surface area contributed by atoms with E-state index in [-0.39, 0.29) is 0 Å². The van der Waals surface area contributed by atoms with Crippen LogP contribution in [0.4, 0.5) is 0 Å². The largest absolute Gasteiger partial charge is 0.383 e. The van der Waals surface area contributed by atoms with E-state index in [1.165, 1.54) is 0 Å². The molecule has 3 nitrogen and oxygen atoms in total. The van der Waals surface area contributed by atoms with Crippen LogP contribution in [-0.4, -0.2) is 42.9 Å². The highest BCUT2D eigenvalue weighted by Gasteiger charge is 2.14. The highest BCUT2D eigenvalue weighted by atomic mass is 32.1. The normalized spacial score (nSPS) is 12.3. The van der Waals surface area contributed by atoms with Crippen LogP contribution in [0.25, 0.3) is 0 Å². The van der Waals surface area contributed by atoms with Crippen molar-refractivity contribution in [3.8, 4) is 0 Å². The molecule has 0 amide bonds. The van der Waals surface area contributed by atoms with E-state index >= 15 is 0 Å². The van der Waals surface area contributed by atoms with E-state index in [1.807, 2.05) is 0 Å². The van der Waals surface area contributed by atoms with E-state index < -0.39 is 0 Å². The third-order valence-electron chi connectivity index (χ3n) is 2.45. The molecule has 90 valence electrons. The fourth-order valence-electron chi connectivity index (χ4n) is 1.27. The van der Waals surface area contributed by atoms with Crippen molar-refractivity contribution in [1.29, 1.82) is 0 Å². The Bertz CT molecular complexity index is 176. The maximum atomic E-state index is 5.36. The highest BCUT2D eigenvalue weighted by molar-refractivity contribution is 7.80. The van der Waals surface area contributed by atoms with E-state index in [9.17, 15) is 0 Å². The number of nitrogens with zero attached hydrogens (tertiary/aromatic N) is 1. The summed E-state index contributed by atoms with van der Waals surface area (Å²) in [7, 11) is 1.72. The molecule has 0 bridgehead atoms. The van der Waals surface area contributed by atoms with Crippen molar-refractivity contribution >= 4 is 17.3 Å². The van der Waals surface area contributed by atoms with Crippen LogP contribution >= 0.6 is 12.2 Å². The first-order chi connectivity index (χ1) is 7.17. The summed E-state index contributed by atoms with van der Waals surface area (Å²) in [5, 5.41) is 4.11. The van der Waals surface area contributed by atoms with Crippen LogP contribution in [0.1, 0.15) is 33.6 Å². The van der Waals surface area contributed by atoms with E-state index in [4.69, 9.17) is 17.0 Å². The molecule has 0 aromatic rings. The van der Waals surface area contributed by atoms with Gasteiger partial charge >= 0.3 is 0 Å². The summed E-state index contributed by atoms with van der Waals surface area (Å²) in [6.45, 7) is 9.03. The lowest BCUT2D eigenvalue weighted by Gasteiger charge is -2.31. The van der Waals surface area contributed by atoms with Crippen LogP contribution in [0.2, 0.25) is 0 Å². The quantitative estimate of drug-likeness (QED) is 0.679. The SMILES string of the molecule is CCCNC(=S)N(CCOC)C(C)CC. The van der Waals surface area contributed by atoms with Crippen LogP contribution in [0.15, 0.2) is 0 Å². The summed E-state index contributed by atoms with van der Waals surface area (Å²) in [5.74, 6) is 0. The zero-order valence-corrected chi connectivity index (χ0v) is 11.2. The Morgan fingerprint density at radius 2 is 2.13 bits per heavy atom. The van der Waals surface area contributed by atoms with Crippen molar-refractivity contribution in [2.24, 2.45) is 0 Å². The summed E-state index contributed by atoms with van der Waals surface area (Å²) in [4.78, 5) is 2.20. The Hall–Kier alpha value is -0.350. The van der Waals surface area contributed by atoms with Gasteiger partial charge in [-0.25, -0.2) is 0 Å². The summed E-state index contributed by atoms with van der Waals surface area (Å²) in [6, 6.07) is 0.469. The lowest BCUT2D eigenvalue weighted by atomic mass is 10.2. The number of hydrogen-bond donors (Lipinski definition) is 1. The van der Waals surface area contributed by atoms with E-state index in [2.05, 4.69) is 31.0 Å². The van der Waals surface area contributed by atoms with Crippen molar-refractivity contribution in [2.45, 2.75) is 39.7 Å². The van der Waals surface area contributed by atoms with Crippen molar-refractivity contribution < 1.29 is 4.74 Å². The molecule has 1 N–H and O–H groups in total. The maximum absolute atomic E-state index is 5.36. The molecule has 0 fully saturated rings. The fraction of sp³-hybridized carbons (Fsp3) is 0.909. The molecule has 0 aromatic heterocycles. The van der Waals surface area contributed by atoms with Gasteiger partial charge in [0.15, 0.2) is 5.11 Å². The fourth-order valence-corrected chi connectivity index (χ4v) is 1.64. The number of thiocarbonyl (C=S) groups is 1. The molecule has 0 spiro atoms. The smallest absolute Gasteiger partial charge is 0.169 e. The number of methoxy groups -OCH3 is 1. The van der Waals surface area contributed by atoms with Gasteiger partial charge in [0.2, 0.25) is 0 Å². The minimum Gasteiger partial charge on any atom is -0.383 e. The van der Waals surface area contributed by atoms with Crippen LogP contribution < -0.4 is 5.32 Å². The molecule has 0 aliphatic carbocycles. The van der Waals surface area contributed by atoms with Gasteiger partial charge < -0.3 is 15.0 Å². The predicted molar refractivity (Wildman–Crippen MR) is 69.2 cm³/mol. The Morgan fingerprint density at radius 1 is 1.47 bits per heavy atom. The predicted octanol–water partition coefficient (Wildman–Crippen LogP) is 2.02. The Kier molecular flexibility index (Phi) is 8.71. The van der Waals surface area contributed by atoms with Gasteiger partial charge in [0.25, 0.3) is 0 Å². The first-order valence-corrected chi connectivity index (χ1v) is 6.11. The number of rotatable bonds is 7. The second-order valence-electron chi connectivity index (χ2n) is 3.68. The van der Waals surface area contributed by atoms with Crippen LogP contribution in [0.5, 0.6) is 0 Å². The topological polar surface area (TPSA) is 24.5 Å². The second kappa shape index (κ2) is 8.92. The summed E-state index contributed by atoms with van der Waals surface area (Å²) in [6.07, 6.45) is 2.19. The molecule has 0 aromatic carbocycles. The Labute approximate surface area is 99.2 Å². The summed E-state index contributed by atoms with van der Waals surface area (Å²) >= 11 is 5.36. The molecule has 0 aliphatic heterocycles. The molecule has 0 rings (SSSR count). The van der Waals surface area contributed by atoms with Crippen molar-refractivity contribution in [3.63, 3.8) is 0 Å². The van der Waals surface area contributed by atoms with Crippen LogP contribution in [0, 0.1) is 0 Å². The zero-order chi connectivity index (χ0) is 11.7. The van der Waals surface area contributed by atoms with Crippen LogP contribution in [-0.2, 0) is 4.74 Å². The maximum Gasteiger partial charge on any atom is 0.169 e. The zero-order valence-electron chi connectivity index (χ0n) is 10.4. The monoisotopic (exact) mass is 232 g/mol. The molecular formula is C11H24N2OS. The first kappa shape index (κ1) is 14.6. The Balaban J connectivity index is 4.14. The lowest BCUT2D eigenvalue weighted by molar-refractivity contribution is 0.162. The van der Waals surface area contributed by atoms with Gasteiger partial charge in [0.05, 0.1) is 6.61 Å². The van der Waals surface area contributed by atoms with Gasteiger partial charge in [-0.2, -0.15) is 0 Å². The second-order valence-corrected chi connectivity index (χ2v) is 4.06. The third kappa shape index (κ3) is 5.95. The molecule has 1 unspecified atom stereocenters. The standard InChI is InChI=1S/C11H24N2OS/c1-5-7-12-11(15)13(8-9-14-4)10(3)6-2/h10H,5-9H2,1-4H3,(H,12,15). The van der Waals surface area contributed by atoms with Crippen molar-refractivity contribution in [3.05, 3.63) is 0 Å².